The molecule has 1 aromatic rings. The smallest absolute Gasteiger partial charge is 0.225 e. The molecule has 1 N–H and O–H groups in total. The fourth-order valence-electron chi connectivity index (χ4n) is 1.89. The Hall–Kier alpha value is -0.980. The highest BCUT2D eigenvalue weighted by molar-refractivity contribution is 9.10. The Morgan fingerprint density at radius 3 is 2.84 bits per heavy atom. The zero-order valence-corrected chi connectivity index (χ0v) is 12.1. The number of morpholine rings is 1. The van der Waals surface area contributed by atoms with E-state index in [-0.39, 0.29) is 11.6 Å². The van der Waals surface area contributed by atoms with E-state index in [0.717, 1.165) is 13.1 Å². The fraction of sp³-hybridized carbons (Fsp3) is 0.462. The Balaban J connectivity index is 1.80. The summed E-state index contributed by atoms with van der Waals surface area (Å²) in [6, 6.07) is 4.57. The number of halogens is 2. The van der Waals surface area contributed by atoms with Crippen LogP contribution in [0.25, 0.3) is 0 Å². The molecule has 0 radical (unpaired) electrons. The third-order valence-corrected chi connectivity index (χ3v) is 3.46. The second-order valence-corrected chi connectivity index (χ2v) is 5.29. The summed E-state index contributed by atoms with van der Waals surface area (Å²) in [7, 11) is 0. The molecule has 1 aromatic carbocycles. The summed E-state index contributed by atoms with van der Waals surface area (Å²) in [6.07, 6.45) is 0.357. The second kappa shape index (κ2) is 6.98. The molecule has 19 heavy (non-hydrogen) atoms. The van der Waals surface area contributed by atoms with E-state index >= 15 is 0 Å². The first-order chi connectivity index (χ1) is 9.15. The third-order valence-electron chi connectivity index (χ3n) is 2.96. The van der Waals surface area contributed by atoms with Gasteiger partial charge in [0.25, 0.3) is 0 Å². The minimum absolute atomic E-state index is 0.173. The second-order valence-electron chi connectivity index (χ2n) is 4.38. The van der Waals surface area contributed by atoms with Gasteiger partial charge in [-0.1, -0.05) is 15.9 Å². The highest BCUT2D eigenvalue weighted by Crippen LogP contribution is 2.19. The monoisotopic (exact) mass is 330 g/mol. The molecule has 0 aliphatic carbocycles. The van der Waals surface area contributed by atoms with E-state index in [2.05, 4.69) is 26.1 Å². The normalized spacial score (nSPS) is 16.3. The van der Waals surface area contributed by atoms with E-state index in [1.807, 2.05) is 0 Å². The van der Waals surface area contributed by atoms with Gasteiger partial charge in [-0.15, -0.1) is 0 Å². The van der Waals surface area contributed by atoms with Gasteiger partial charge in [0.1, 0.15) is 5.82 Å². The molecule has 6 heteroatoms. The minimum Gasteiger partial charge on any atom is -0.379 e. The molecule has 2 rings (SSSR count). The number of anilines is 1. The Kier molecular flexibility index (Phi) is 5.30. The van der Waals surface area contributed by atoms with Crippen LogP contribution in [0.4, 0.5) is 10.1 Å². The maximum Gasteiger partial charge on any atom is 0.225 e. The van der Waals surface area contributed by atoms with Crippen LogP contribution in [-0.4, -0.2) is 43.7 Å². The van der Waals surface area contributed by atoms with Crippen molar-refractivity contribution in [3.63, 3.8) is 0 Å². The molecule has 0 atom stereocenters. The Morgan fingerprint density at radius 2 is 2.16 bits per heavy atom. The van der Waals surface area contributed by atoms with Crippen LogP contribution in [-0.2, 0) is 9.53 Å². The molecule has 0 bridgehead atoms. The molecule has 0 saturated carbocycles. The van der Waals surface area contributed by atoms with Crippen molar-refractivity contribution in [2.24, 2.45) is 0 Å². The first-order valence-corrected chi connectivity index (χ1v) is 6.99. The first-order valence-electron chi connectivity index (χ1n) is 6.20. The summed E-state index contributed by atoms with van der Waals surface area (Å²) in [5.74, 6) is -0.609. The number of ether oxygens (including phenoxy) is 1. The first kappa shape index (κ1) is 14.4. The highest BCUT2D eigenvalue weighted by Gasteiger charge is 2.13. The van der Waals surface area contributed by atoms with Crippen molar-refractivity contribution < 1.29 is 13.9 Å². The van der Waals surface area contributed by atoms with Crippen molar-refractivity contribution in [3.8, 4) is 0 Å². The molecular formula is C13H16BrFN2O2. The van der Waals surface area contributed by atoms with Crippen molar-refractivity contribution in [3.05, 3.63) is 28.5 Å². The van der Waals surface area contributed by atoms with E-state index in [9.17, 15) is 9.18 Å². The van der Waals surface area contributed by atoms with Crippen LogP contribution in [0.1, 0.15) is 6.42 Å². The molecule has 1 fully saturated rings. The predicted octanol–water partition coefficient (Wildman–Crippen LogP) is 2.25. The molecule has 1 aliphatic heterocycles. The summed E-state index contributed by atoms with van der Waals surface area (Å²) in [6.45, 7) is 3.79. The average Bonchev–Trinajstić information content (AvgIpc) is 2.41. The van der Waals surface area contributed by atoms with Gasteiger partial charge in [0.15, 0.2) is 0 Å². The van der Waals surface area contributed by atoms with Gasteiger partial charge >= 0.3 is 0 Å². The fourth-order valence-corrected chi connectivity index (χ4v) is 2.22. The standard InChI is InChI=1S/C13H16BrFN2O2/c14-10-1-2-12(11(15)9-10)16-13(18)3-4-17-5-7-19-8-6-17/h1-2,9H,3-8H2,(H,16,18). The number of carbonyl (C=O) groups excluding carboxylic acids is 1. The zero-order valence-electron chi connectivity index (χ0n) is 10.5. The molecule has 104 valence electrons. The summed E-state index contributed by atoms with van der Waals surface area (Å²) >= 11 is 3.17. The summed E-state index contributed by atoms with van der Waals surface area (Å²) in [5, 5.41) is 2.58. The number of hydrogen-bond acceptors (Lipinski definition) is 3. The van der Waals surface area contributed by atoms with Crippen LogP contribution in [0, 0.1) is 5.82 Å². The van der Waals surface area contributed by atoms with Crippen molar-refractivity contribution in [1.82, 2.24) is 4.90 Å². The zero-order chi connectivity index (χ0) is 13.7. The lowest BCUT2D eigenvalue weighted by molar-refractivity contribution is -0.116. The lowest BCUT2D eigenvalue weighted by Gasteiger charge is -2.26. The number of rotatable bonds is 4. The maximum absolute atomic E-state index is 13.5. The van der Waals surface area contributed by atoms with E-state index in [1.165, 1.54) is 6.07 Å². The minimum atomic E-state index is -0.436. The van der Waals surface area contributed by atoms with Crippen LogP contribution >= 0.6 is 15.9 Å². The number of hydrogen-bond donors (Lipinski definition) is 1. The number of benzene rings is 1. The molecule has 0 unspecified atom stereocenters. The van der Waals surface area contributed by atoms with Gasteiger partial charge in [-0.05, 0) is 18.2 Å². The third kappa shape index (κ3) is 4.56. The van der Waals surface area contributed by atoms with Crippen molar-refractivity contribution in [2.75, 3.05) is 38.2 Å². The van der Waals surface area contributed by atoms with Gasteiger partial charge in [0.05, 0.1) is 18.9 Å². The summed E-state index contributed by atoms with van der Waals surface area (Å²) < 4.78 is 19.4. The SMILES string of the molecule is O=C(CCN1CCOCC1)Nc1ccc(Br)cc1F. The van der Waals surface area contributed by atoms with Crippen LogP contribution < -0.4 is 5.32 Å². The summed E-state index contributed by atoms with van der Waals surface area (Å²) in [4.78, 5) is 13.9. The molecule has 1 saturated heterocycles. The van der Waals surface area contributed by atoms with E-state index < -0.39 is 5.82 Å². The van der Waals surface area contributed by atoms with Gasteiger partial charge in [-0.25, -0.2) is 4.39 Å². The molecular weight excluding hydrogens is 315 g/mol. The predicted molar refractivity (Wildman–Crippen MR) is 74.6 cm³/mol. The molecule has 1 heterocycles. The topological polar surface area (TPSA) is 41.6 Å². The van der Waals surface area contributed by atoms with Gasteiger partial charge in [0.2, 0.25) is 5.91 Å². The van der Waals surface area contributed by atoms with Gasteiger partial charge in [0, 0.05) is 30.5 Å². The van der Waals surface area contributed by atoms with Gasteiger partial charge < -0.3 is 10.1 Å². The maximum atomic E-state index is 13.5. The van der Waals surface area contributed by atoms with E-state index in [4.69, 9.17) is 4.74 Å². The molecule has 0 spiro atoms. The lowest BCUT2D eigenvalue weighted by Crippen LogP contribution is -2.38. The Labute approximate surface area is 120 Å². The molecule has 4 nitrogen and oxygen atoms in total. The van der Waals surface area contributed by atoms with Crippen LogP contribution in [0.2, 0.25) is 0 Å². The van der Waals surface area contributed by atoms with Gasteiger partial charge in [-0.2, -0.15) is 0 Å². The van der Waals surface area contributed by atoms with Crippen LogP contribution in [0.5, 0.6) is 0 Å². The van der Waals surface area contributed by atoms with Crippen molar-refractivity contribution >= 4 is 27.5 Å². The average molecular weight is 331 g/mol. The molecule has 1 amide bonds. The van der Waals surface area contributed by atoms with Gasteiger partial charge in [-0.3, -0.25) is 9.69 Å². The quantitative estimate of drug-likeness (QED) is 0.920. The molecule has 0 aromatic heterocycles. The Morgan fingerprint density at radius 1 is 1.42 bits per heavy atom. The van der Waals surface area contributed by atoms with Crippen molar-refractivity contribution in [1.29, 1.82) is 0 Å². The highest BCUT2D eigenvalue weighted by atomic mass is 79.9. The number of amides is 1. The molecule has 1 aliphatic rings. The summed E-state index contributed by atoms with van der Waals surface area (Å²) in [5.41, 5.74) is 0.218. The lowest BCUT2D eigenvalue weighted by atomic mass is 10.3. The van der Waals surface area contributed by atoms with Crippen LogP contribution in [0.15, 0.2) is 22.7 Å². The Bertz CT molecular complexity index is 450. The van der Waals surface area contributed by atoms with Crippen LogP contribution in [0.3, 0.4) is 0 Å². The van der Waals surface area contributed by atoms with E-state index in [1.54, 1.807) is 12.1 Å². The number of nitrogens with one attached hydrogen (secondary N) is 1. The number of nitrogens with zero attached hydrogens (tertiary/aromatic N) is 1. The van der Waals surface area contributed by atoms with E-state index in [0.29, 0.717) is 30.7 Å². The van der Waals surface area contributed by atoms with Crippen molar-refractivity contribution in [2.45, 2.75) is 6.42 Å². The number of carbonyl (C=O) groups is 1. The largest absolute Gasteiger partial charge is 0.379 e.